The minimum Gasteiger partial charge on any atom is -0.326 e. The van der Waals surface area contributed by atoms with Gasteiger partial charge in [-0.3, -0.25) is 4.79 Å². The normalized spacial score (nSPS) is 10.9. The van der Waals surface area contributed by atoms with Gasteiger partial charge in [0.15, 0.2) is 4.34 Å². The maximum absolute atomic E-state index is 11.5. The Labute approximate surface area is 144 Å². The number of carbonyl (C=O) groups excluding carboxylic acids is 1. The number of thiazole rings is 1. The molecule has 118 valence electrons. The molecule has 3 rings (SSSR count). The molecule has 0 aliphatic carbocycles. The predicted octanol–water partition coefficient (Wildman–Crippen LogP) is 5.25. The summed E-state index contributed by atoms with van der Waals surface area (Å²) in [5, 5.41) is 2.89. The molecule has 1 heterocycles. The van der Waals surface area contributed by atoms with E-state index in [0.29, 0.717) is 6.42 Å². The van der Waals surface area contributed by atoms with Crippen LogP contribution in [0.3, 0.4) is 0 Å². The van der Waals surface area contributed by atoms with Gasteiger partial charge in [0.2, 0.25) is 5.91 Å². The number of thioether (sulfide) groups is 1. The van der Waals surface area contributed by atoms with Crippen LogP contribution in [0, 0.1) is 6.92 Å². The molecule has 0 bridgehead atoms. The van der Waals surface area contributed by atoms with Crippen molar-refractivity contribution < 1.29 is 4.79 Å². The van der Waals surface area contributed by atoms with Gasteiger partial charge < -0.3 is 5.32 Å². The van der Waals surface area contributed by atoms with E-state index in [1.54, 1.807) is 23.1 Å². The lowest BCUT2D eigenvalue weighted by Gasteiger charge is -2.02. The monoisotopic (exact) mass is 342 g/mol. The summed E-state index contributed by atoms with van der Waals surface area (Å²) < 4.78 is 2.16. The van der Waals surface area contributed by atoms with Gasteiger partial charge in [0.05, 0.1) is 10.2 Å². The molecule has 23 heavy (non-hydrogen) atoms. The second-order valence-electron chi connectivity index (χ2n) is 5.34. The first-order chi connectivity index (χ1) is 11.1. The highest BCUT2D eigenvalue weighted by Gasteiger charge is 2.07. The van der Waals surface area contributed by atoms with Gasteiger partial charge in [0, 0.05) is 17.9 Å². The van der Waals surface area contributed by atoms with Crippen LogP contribution in [0.5, 0.6) is 0 Å². The number of fused-ring (bicyclic) bond motifs is 1. The molecular formula is C18H18N2OS2. The smallest absolute Gasteiger partial charge is 0.224 e. The molecule has 1 amide bonds. The molecule has 3 nitrogen and oxygen atoms in total. The molecule has 3 aromatic rings. The van der Waals surface area contributed by atoms with Crippen LogP contribution in [-0.4, -0.2) is 10.9 Å². The van der Waals surface area contributed by atoms with Crippen LogP contribution in [-0.2, 0) is 10.5 Å². The highest BCUT2D eigenvalue weighted by atomic mass is 32.2. The van der Waals surface area contributed by atoms with E-state index in [1.165, 1.54) is 11.1 Å². The molecule has 0 saturated carbocycles. The Morgan fingerprint density at radius 2 is 2.13 bits per heavy atom. The fourth-order valence-electron chi connectivity index (χ4n) is 2.24. The molecule has 0 saturated heterocycles. The molecular weight excluding hydrogens is 324 g/mol. The molecule has 0 fully saturated rings. The lowest BCUT2D eigenvalue weighted by Crippen LogP contribution is -2.08. The van der Waals surface area contributed by atoms with Crippen LogP contribution >= 0.6 is 23.1 Å². The molecule has 2 aromatic carbocycles. The largest absolute Gasteiger partial charge is 0.326 e. The minimum atomic E-state index is 0.0305. The zero-order valence-corrected chi connectivity index (χ0v) is 14.8. The number of nitrogens with zero attached hydrogens (tertiary/aromatic N) is 1. The number of anilines is 1. The van der Waals surface area contributed by atoms with Crippen molar-refractivity contribution in [2.45, 2.75) is 30.4 Å². The third-order valence-electron chi connectivity index (χ3n) is 3.42. The average Bonchev–Trinajstić information content (AvgIpc) is 2.95. The van der Waals surface area contributed by atoms with E-state index in [4.69, 9.17) is 0 Å². The summed E-state index contributed by atoms with van der Waals surface area (Å²) in [4.78, 5) is 16.1. The van der Waals surface area contributed by atoms with Crippen LogP contribution in [0.15, 0.2) is 46.8 Å². The van der Waals surface area contributed by atoms with Gasteiger partial charge in [0.1, 0.15) is 0 Å². The van der Waals surface area contributed by atoms with Gasteiger partial charge in [-0.25, -0.2) is 4.98 Å². The molecule has 1 aromatic heterocycles. The number of carbonyl (C=O) groups is 1. The van der Waals surface area contributed by atoms with E-state index in [9.17, 15) is 4.79 Å². The highest BCUT2D eigenvalue weighted by molar-refractivity contribution is 8.00. The van der Waals surface area contributed by atoms with Crippen LogP contribution in [0.2, 0.25) is 0 Å². The van der Waals surface area contributed by atoms with Gasteiger partial charge >= 0.3 is 0 Å². The summed E-state index contributed by atoms with van der Waals surface area (Å²) in [5.41, 5.74) is 4.41. The highest BCUT2D eigenvalue weighted by Crippen LogP contribution is 2.33. The number of rotatable bonds is 5. The molecule has 0 radical (unpaired) electrons. The number of aryl methyl sites for hydroxylation is 1. The Balaban J connectivity index is 1.73. The number of aromatic nitrogens is 1. The van der Waals surface area contributed by atoms with Gasteiger partial charge in [0.25, 0.3) is 0 Å². The van der Waals surface area contributed by atoms with Crippen molar-refractivity contribution in [1.29, 1.82) is 0 Å². The SMILES string of the molecule is CCC(=O)Nc1ccc2nc(SCc3cccc(C)c3)sc2c1. The van der Waals surface area contributed by atoms with E-state index < -0.39 is 0 Å². The molecule has 0 unspecified atom stereocenters. The fraction of sp³-hybridized carbons (Fsp3) is 0.222. The van der Waals surface area contributed by atoms with Crippen LogP contribution in [0.25, 0.3) is 10.2 Å². The van der Waals surface area contributed by atoms with E-state index in [1.807, 2.05) is 25.1 Å². The van der Waals surface area contributed by atoms with Crippen molar-refractivity contribution in [3.8, 4) is 0 Å². The zero-order chi connectivity index (χ0) is 16.2. The molecule has 0 atom stereocenters. The number of benzene rings is 2. The molecule has 0 aliphatic rings. The van der Waals surface area contributed by atoms with Gasteiger partial charge in [-0.2, -0.15) is 0 Å². The van der Waals surface area contributed by atoms with Crippen molar-refractivity contribution in [2.75, 3.05) is 5.32 Å². The molecule has 0 spiro atoms. The number of hydrogen-bond acceptors (Lipinski definition) is 4. The number of hydrogen-bond donors (Lipinski definition) is 1. The minimum absolute atomic E-state index is 0.0305. The topological polar surface area (TPSA) is 42.0 Å². The first kappa shape index (κ1) is 16.0. The second kappa shape index (κ2) is 7.15. The summed E-state index contributed by atoms with van der Waals surface area (Å²) >= 11 is 3.42. The maximum atomic E-state index is 11.5. The molecule has 0 aliphatic heterocycles. The summed E-state index contributed by atoms with van der Waals surface area (Å²) in [6.07, 6.45) is 0.484. The number of amides is 1. The predicted molar refractivity (Wildman–Crippen MR) is 99.3 cm³/mol. The van der Waals surface area contributed by atoms with Crippen molar-refractivity contribution in [2.24, 2.45) is 0 Å². The van der Waals surface area contributed by atoms with Gasteiger partial charge in [-0.05, 0) is 30.7 Å². The first-order valence-corrected chi connectivity index (χ1v) is 9.33. The summed E-state index contributed by atoms with van der Waals surface area (Å²) in [6, 6.07) is 14.4. The Kier molecular flexibility index (Phi) is 4.98. The van der Waals surface area contributed by atoms with E-state index in [2.05, 4.69) is 41.5 Å². The third-order valence-corrected chi connectivity index (χ3v) is 5.65. The Morgan fingerprint density at radius 3 is 2.91 bits per heavy atom. The fourth-order valence-corrected chi connectivity index (χ4v) is 4.29. The second-order valence-corrected chi connectivity index (χ2v) is 7.59. The lowest BCUT2D eigenvalue weighted by molar-refractivity contribution is -0.115. The lowest BCUT2D eigenvalue weighted by atomic mass is 10.2. The summed E-state index contributed by atoms with van der Waals surface area (Å²) in [5.74, 6) is 0.948. The van der Waals surface area contributed by atoms with Crippen molar-refractivity contribution >= 4 is 44.9 Å². The standard InChI is InChI=1S/C18H18N2OS2/c1-3-17(21)19-14-7-8-15-16(10-14)23-18(20-15)22-11-13-6-4-5-12(2)9-13/h4-10H,3,11H2,1-2H3,(H,19,21). The molecule has 5 heteroatoms. The first-order valence-electron chi connectivity index (χ1n) is 7.53. The van der Waals surface area contributed by atoms with Crippen molar-refractivity contribution in [3.63, 3.8) is 0 Å². The zero-order valence-electron chi connectivity index (χ0n) is 13.1. The van der Waals surface area contributed by atoms with Crippen LogP contribution in [0.4, 0.5) is 5.69 Å². The summed E-state index contributed by atoms with van der Waals surface area (Å²) in [6.45, 7) is 3.96. The van der Waals surface area contributed by atoms with Crippen molar-refractivity contribution in [3.05, 3.63) is 53.6 Å². The van der Waals surface area contributed by atoms with E-state index in [0.717, 1.165) is 26.0 Å². The van der Waals surface area contributed by atoms with E-state index >= 15 is 0 Å². The van der Waals surface area contributed by atoms with Crippen LogP contribution in [0.1, 0.15) is 24.5 Å². The maximum Gasteiger partial charge on any atom is 0.224 e. The molecule has 1 N–H and O–H groups in total. The average molecular weight is 342 g/mol. The van der Waals surface area contributed by atoms with E-state index in [-0.39, 0.29) is 5.91 Å². The quantitative estimate of drug-likeness (QED) is 0.644. The number of nitrogens with one attached hydrogen (secondary N) is 1. The van der Waals surface area contributed by atoms with Gasteiger partial charge in [-0.15, -0.1) is 11.3 Å². The summed E-state index contributed by atoms with van der Waals surface area (Å²) in [7, 11) is 0. The Morgan fingerprint density at radius 1 is 1.26 bits per heavy atom. The van der Waals surface area contributed by atoms with Crippen molar-refractivity contribution in [1.82, 2.24) is 4.98 Å². The van der Waals surface area contributed by atoms with Gasteiger partial charge in [-0.1, -0.05) is 48.5 Å². The Hall–Kier alpha value is -1.85. The third kappa shape index (κ3) is 4.12. The van der Waals surface area contributed by atoms with Crippen LogP contribution < -0.4 is 5.32 Å². The Bertz CT molecular complexity index is 842.